The van der Waals surface area contributed by atoms with Crippen molar-refractivity contribution >= 4 is 32.3 Å². The van der Waals surface area contributed by atoms with Gasteiger partial charge in [-0.3, -0.25) is 0 Å². The molecule has 1 heteroatoms. The van der Waals surface area contributed by atoms with E-state index >= 15 is 0 Å². The Labute approximate surface area is 187 Å². The average Bonchev–Trinajstić information content (AvgIpc) is 2.81. The Morgan fingerprint density at radius 3 is 2.03 bits per heavy atom. The zero-order chi connectivity index (χ0) is 21.8. The summed E-state index contributed by atoms with van der Waals surface area (Å²) in [5.74, 6) is 0.296. The van der Waals surface area contributed by atoms with E-state index in [-0.39, 0.29) is 0 Å². The van der Waals surface area contributed by atoms with Crippen LogP contribution in [0.4, 0.5) is 0 Å². The number of aromatic hydroxyl groups is 1. The maximum atomic E-state index is 9.89. The quantitative estimate of drug-likeness (QED) is 0.291. The zero-order valence-corrected chi connectivity index (χ0v) is 18.3. The third-order valence-electron chi connectivity index (χ3n) is 6.98. The van der Waals surface area contributed by atoms with Gasteiger partial charge in [0.1, 0.15) is 5.75 Å². The molecule has 0 unspecified atom stereocenters. The monoisotopic (exact) mass is 412 g/mol. The van der Waals surface area contributed by atoms with Crippen LogP contribution in [0.2, 0.25) is 0 Å². The average molecular weight is 413 g/mol. The number of aryl methyl sites for hydroxylation is 1. The number of hydrogen-bond donors (Lipinski definition) is 1. The molecule has 0 saturated heterocycles. The van der Waals surface area contributed by atoms with E-state index in [0.717, 1.165) is 12.0 Å². The molecule has 1 nitrogen and oxygen atoms in total. The third kappa shape index (κ3) is 2.78. The van der Waals surface area contributed by atoms with Crippen LogP contribution in [0.1, 0.15) is 22.3 Å². The maximum absolute atomic E-state index is 9.89. The van der Waals surface area contributed by atoms with Crippen LogP contribution in [0.25, 0.3) is 43.4 Å². The third-order valence-corrected chi connectivity index (χ3v) is 6.98. The van der Waals surface area contributed by atoms with Gasteiger partial charge in [-0.25, -0.2) is 0 Å². The predicted octanol–water partition coefficient (Wildman–Crippen LogP) is 8.16. The van der Waals surface area contributed by atoms with Crippen LogP contribution in [-0.2, 0) is 6.42 Å². The summed E-state index contributed by atoms with van der Waals surface area (Å²) in [5, 5.41) is 17.8. The SMILES string of the molecule is Cc1ccccc1Cc1c(C)c(-c2ccc(O)cc2)c2ccc3cccc4ccc1c2c43. The molecule has 0 fully saturated rings. The summed E-state index contributed by atoms with van der Waals surface area (Å²) in [6.45, 7) is 4.45. The first-order valence-electron chi connectivity index (χ1n) is 11.1. The molecular formula is C31H24O. The lowest BCUT2D eigenvalue weighted by atomic mass is 9.82. The molecule has 0 aromatic heterocycles. The van der Waals surface area contributed by atoms with Crippen molar-refractivity contribution in [2.24, 2.45) is 0 Å². The summed E-state index contributed by atoms with van der Waals surface area (Å²) in [6, 6.07) is 32.0. The van der Waals surface area contributed by atoms with Crippen LogP contribution in [0.5, 0.6) is 5.75 Å². The van der Waals surface area contributed by atoms with E-state index in [1.54, 1.807) is 12.1 Å². The topological polar surface area (TPSA) is 20.2 Å². The Hall–Kier alpha value is -3.84. The van der Waals surface area contributed by atoms with Gasteiger partial charge in [-0.2, -0.15) is 0 Å². The van der Waals surface area contributed by atoms with Crippen LogP contribution in [0.3, 0.4) is 0 Å². The zero-order valence-electron chi connectivity index (χ0n) is 18.3. The fraction of sp³-hybridized carbons (Fsp3) is 0.0968. The number of phenolic OH excluding ortho intramolecular Hbond substituents is 1. The first-order valence-corrected chi connectivity index (χ1v) is 11.1. The Bertz CT molecular complexity index is 1590. The van der Waals surface area contributed by atoms with E-state index in [2.05, 4.69) is 80.6 Å². The standard InChI is InChI=1S/C31H24O/c1-19-6-3-4-7-24(19)18-28-20(2)29(23-10-14-25(32)15-11-23)27-17-13-22-9-5-8-21-12-16-26(28)31(27)30(21)22/h3-17,32H,18H2,1-2H3. The summed E-state index contributed by atoms with van der Waals surface area (Å²) >= 11 is 0. The summed E-state index contributed by atoms with van der Waals surface area (Å²) in [7, 11) is 0. The van der Waals surface area contributed by atoms with Gasteiger partial charge >= 0.3 is 0 Å². The molecule has 0 radical (unpaired) electrons. The molecule has 6 aromatic rings. The molecule has 0 saturated carbocycles. The number of phenols is 1. The molecule has 0 spiro atoms. The minimum atomic E-state index is 0.296. The van der Waals surface area contributed by atoms with Gasteiger partial charge in [0.05, 0.1) is 0 Å². The number of hydrogen-bond acceptors (Lipinski definition) is 1. The predicted molar refractivity (Wildman–Crippen MR) is 136 cm³/mol. The molecule has 154 valence electrons. The van der Waals surface area contributed by atoms with Crippen molar-refractivity contribution in [3.8, 4) is 16.9 Å². The van der Waals surface area contributed by atoms with Gasteiger partial charge in [0.15, 0.2) is 0 Å². The minimum Gasteiger partial charge on any atom is -0.508 e. The van der Waals surface area contributed by atoms with Gasteiger partial charge in [-0.15, -0.1) is 0 Å². The fourth-order valence-corrected chi connectivity index (χ4v) is 5.32. The maximum Gasteiger partial charge on any atom is 0.115 e. The van der Waals surface area contributed by atoms with Gasteiger partial charge in [0, 0.05) is 0 Å². The molecule has 1 N–H and O–H groups in total. The first kappa shape index (κ1) is 18.9. The lowest BCUT2D eigenvalue weighted by Gasteiger charge is -2.21. The van der Waals surface area contributed by atoms with Crippen molar-refractivity contribution in [2.45, 2.75) is 20.3 Å². The molecule has 0 aliphatic heterocycles. The molecule has 32 heavy (non-hydrogen) atoms. The highest BCUT2D eigenvalue weighted by Gasteiger charge is 2.19. The van der Waals surface area contributed by atoms with E-state index in [0.29, 0.717) is 5.75 Å². The second-order valence-electron chi connectivity index (χ2n) is 8.81. The lowest BCUT2D eigenvalue weighted by molar-refractivity contribution is 0.475. The summed E-state index contributed by atoms with van der Waals surface area (Å²) in [5.41, 5.74) is 7.78. The summed E-state index contributed by atoms with van der Waals surface area (Å²) < 4.78 is 0. The van der Waals surface area contributed by atoms with E-state index in [1.807, 2.05) is 12.1 Å². The van der Waals surface area contributed by atoms with Crippen LogP contribution >= 0.6 is 0 Å². The number of benzene rings is 6. The highest BCUT2D eigenvalue weighted by molar-refractivity contribution is 6.26. The van der Waals surface area contributed by atoms with Crippen LogP contribution in [-0.4, -0.2) is 5.11 Å². The smallest absolute Gasteiger partial charge is 0.115 e. The van der Waals surface area contributed by atoms with Crippen molar-refractivity contribution < 1.29 is 5.11 Å². The minimum absolute atomic E-state index is 0.296. The highest BCUT2D eigenvalue weighted by Crippen LogP contribution is 2.44. The summed E-state index contributed by atoms with van der Waals surface area (Å²) in [6.07, 6.45) is 0.901. The molecule has 0 amide bonds. The highest BCUT2D eigenvalue weighted by atomic mass is 16.3. The van der Waals surface area contributed by atoms with Gasteiger partial charge in [-0.1, -0.05) is 78.9 Å². The van der Waals surface area contributed by atoms with Crippen LogP contribution < -0.4 is 0 Å². The van der Waals surface area contributed by atoms with Crippen molar-refractivity contribution in [1.82, 2.24) is 0 Å². The Morgan fingerprint density at radius 1 is 0.625 bits per heavy atom. The van der Waals surface area contributed by atoms with Gasteiger partial charge < -0.3 is 5.11 Å². The van der Waals surface area contributed by atoms with Crippen molar-refractivity contribution in [2.75, 3.05) is 0 Å². The van der Waals surface area contributed by atoms with Crippen molar-refractivity contribution in [3.05, 3.63) is 113 Å². The van der Waals surface area contributed by atoms with Crippen molar-refractivity contribution in [1.29, 1.82) is 0 Å². The lowest BCUT2D eigenvalue weighted by Crippen LogP contribution is -2.00. The van der Waals surface area contributed by atoms with Crippen LogP contribution in [0.15, 0.2) is 91.0 Å². The Morgan fingerprint density at radius 2 is 1.31 bits per heavy atom. The molecule has 0 atom stereocenters. The van der Waals surface area contributed by atoms with E-state index in [1.165, 1.54) is 60.1 Å². The van der Waals surface area contributed by atoms with E-state index in [4.69, 9.17) is 0 Å². The van der Waals surface area contributed by atoms with Gasteiger partial charge in [0.2, 0.25) is 0 Å². The van der Waals surface area contributed by atoms with E-state index in [9.17, 15) is 5.11 Å². The normalized spacial score (nSPS) is 11.7. The molecular weight excluding hydrogens is 388 g/mol. The Balaban J connectivity index is 1.77. The first-order chi connectivity index (χ1) is 15.6. The molecule has 6 rings (SSSR count). The van der Waals surface area contributed by atoms with Crippen LogP contribution in [0, 0.1) is 13.8 Å². The van der Waals surface area contributed by atoms with Gasteiger partial charge in [-0.05, 0) is 98.1 Å². The summed E-state index contributed by atoms with van der Waals surface area (Å²) in [4.78, 5) is 0. The second kappa shape index (κ2) is 7.10. The molecule has 6 aromatic carbocycles. The van der Waals surface area contributed by atoms with Crippen molar-refractivity contribution in [3.63, 3.8) is 0 Å². The largest absolute Gasteiger partial charge is 0.508 e. The molecule has 0 bridgehead atoms. The van der Waals surface area contributed by atoms with Gasteiger partial charge in [0.25, 0.3) is 0 Å². The Kier molecular flexibility index (Phi) is 4.19. The molecule has 0 aliphatic rings. The molecule has 0 heterocycles. The fourth-order valence-electron chi connectivity index (χ4n) is 5.32. The second-order valence-corrected chi connectivity index (χ2v) is 8.81. The molecule has 0 aliphatic carbocycles. The van der Waals surface area contributed by atoms with E-state index < -0.39 is 0 Å². The number of rotatable bonds is 3.